The summed E-state index contributed by atoms with van der Waals surface area (Å²) in [5.74, 6) is 0. The second-order valence-corrected chi connectivity index (χ2v) is 5.20. The van der Waals surface area contributed by atoms with E-state index in [4.69, 9.17) is 14.2 Å². The Labute approximate surface area is 110 Å². The van der Waals surface area contributed by atoms with Crippen molar-refractivity contribution in [1.82, 2.24) is 5.32 Å². The van der Waals surface area contributed by atoms with E-state index in [1.165, 1.54) is 6.42 Å². The van der Waals surface area contributed by atoms with Gasteiger partial charge in [-0.05, 0) is 39.2 Å². The molecule has 0 aromatic rings. The second-order valence-electron chi connectivity index (χ2n) is 5.20. The first kappa shape index (κ1) is 14.3. The van der Waals surface area contributed by atoms with E-state index in [0.717, 1.165) is 45.6 Å². The van der Waals surface area contributed by atoms with Crippen LogP contribution in [0.5, 0.6) is 0 Å². The maximum atomic E-state index is 6.16. The lowest BCUT2D eigenvalue weighted by Crippen LogP contribution is -2.61. The maximum absolute atomic E-state index is 6.16. The van der Waals surface area contributed by atoms with Crippen LogP contribution in [0.3, 0.4) is 0 Å². The quantitative estimate of drug-likeness (QED) is 0.754. The fourth-order valence-electron chi connectivity index (χ4n) is 2.72. The van der Waals surface area contributed by atoms with Gasteiger partial charge >= 0.3 is 0 Å². The molecule has 2 rings (SSSR count). The van der Waals surface area contributed by atoms with Crippen LogP contribution in [-0.4, -0.2) is 50.7 Å². The lowest BCUT2D eigenvalue weighted by atomic mass is 9.84. The topological polar surface area (TPSA) is 39.7 Å². The zero-order valence-corrected chi connectivity index (χ0v) is 11.7. The predicted molar refractivity (Wildman–Crippen MR) is 70.8 cm³/mol. The molecule has 0 radical (unpaired) electrons. The van der Waals surface area contributed by atoms with Crippen LogP contribution in [-0.2, 0) is 14.2 Å². The number of hydrogen-bond donors (Lipinski definition) is 1. The summed E-state index contributed by atoms with van der Waals surface area (Å²) in [6.07, 6.45) is 5.21. The average Bonchev–Trinajstić information content (AvgIpc) is 2.40. The van der Waals surface area contributed by atoms with E-state index in [-0.39, 0.29) is 12.2 Å². The molecule has 0 aromatic heterocycles. The summed E-state index contributed by atoms with van der Waals surface area (Å²) in [6.45, 7) is 7.77. The van der Waals surface area contributed by atoms with Gasteiger partial charge < -0.3 is 19.5 Å². The number of ether oxygens (including phenoxy) is 3. The van der Waals surface area contributed by atoms with Crippen molar-refractivity contribution in [2.45, 2.75) is 63.9 Å². The monoisotopic (exact) mass is 257 g/mol. The van der Waals surface area contributed by atoms with Crippen LogP contribution >= 0.6 is 0 Å². The van der Waals surface area contributed by atoms with Crippen molar-refractivity contribution in [2.75, 3.05) is 26.4 Å². The predicted octanol–water partition coefficient (Wildman–Crippen LogP) is 1.73. The van der Waals surface area contributed by atoms with Crippen molar-refractivity contribution < 1.29 is 14.2 Å². The van der Waals surface area contributed by atoms with E-state index in [1.54, 1.807) is 0 Å². The molecule has 0 aromatic carbocycles. The van der Waals surface area contributed by atoms with Crippen molar-refractivity contribution in [1.29, 1.82) is 0 Å². The summed E-state index contributed by atoms with van der Waals surface area (Å²) in [7, 11) is 0. The number of rotatable bonds is 7. The Bertz CT molecular complexity index is 231. The van der Waals surface area contributed by atoms with Gasteiger partial charge in [0.15, 0.2) is 0 Å². The van der Waals surface area contributed by atoms with Crippen LogP contribution in [0.25, 0.3) is 0 Å². The summed E-state index contributed by atoms with van der Waals surface area (Å²) in [5, 5.41) is 3.54. The molecular formula is C14H27NO3. The van der Waals surface area contributed by atoms with Crippen LogP contribution in [0.4, 0.5) is 0 Å². The molecule has 0 spiro atoms. The molecule has 1 N–H and O–H groups in total. The second kappa shape index (κ2) is 7.43. The molecule has 2 aliphatic rings. The van der Waals surface area contributed by atoms with Gasteiger partial charge in [-0.3, -0.25) is 0 Å². The van der Waals surface area contributed by atoms with E-state index < -0.39 is 0 Å². The largest absolute Gasteiger partial charge is 0.381 e. The fraction of sp³-hybridized carbons (Fsp3) is 1.00. The Kier molecular flexibility index (Phi) is 5.89. The van der Waals surface area contributed by atoms with E-state index in [0.29, 0.717) is 12.1 Å². The van der Waals surface area contributed by atoms with E-state index in [1.807, 2.05) is 0 Å². The highest BCUT2D eigenvalue weighted by atomic mass is 16.6. The molecule has 4 heteroatoms. The third kappa shape index (κ3) is 3.67. The Morgan fingerprint density at radius 1 is 1.22 bits per heavy atom. The van der Waals surface area contributed by atoms with Gasteiger partial charge in [-0.2, -0.15) is 0 Å². The van der Waals surface area contributed by atoms with Crippen LogP contribution in [0, 0.1) is 0 Å². The fourth-order valence-corrected chi connectivity index (χ4v) is 2.72. The highest BCUT2D eigenvalue weighted by Gasteiger charge is 2.43. The van der Waals surface area contributed by atoms with Crippen molar-refractivity contribution >= 4 is 0 Å². The molecule has 0 bridgehead atoms. The van der Waals surface area contributed by atoms with Gasteiger partial charge in [-0.25, -0.2) is 0 Å². The third-order valence-corrected chi connectivity index (χ3v) is 3.80. The molecule has 4 nitrogen and oxygen atoms in total. The molecule has 1 heterocycles. The summed E-state index contributed by atoms with van der Waals surface area (Å²) in [6, 6.07) is 0.481. The van der Waals surface area contributed by atoms with Crippen LogP contribution < -0.4 is 5.32 Å². The molecular weight excluding hydrogens is 230 g/mol. The van der Waals surface area contributed by atoms with Crippen LogP contribution in [0.15, 0.2) is 0 Å². The molecule has 1 saturated heterocycles. The first-order chi connectivity index (χ1) is 8.85. The summed E-state index contributed by atoms with van der Waals surface area (Å²) >= 11 is 0. The zero-order valence-electron chi connectivity index (χ0n) is 11.7. The summed E-state index contributed by atoms with van der Waals surface area (Å²) in [4.78, 5) is 0. The smallest absolute Gasteiger partial charge is 0.0990 e. The molecule has 1 aliphatic heterocycles. The minimum atomic E-state index is 0.240. The first-order valence-corrected chi connectivity index (χ1v) is 7.43. The minimum Gasteiger partial charge on any atom is -0.381 e. The van der Waals surface area contributed by atoms with Crippen molar-refractivity contribution in [3.8, 4) is 0 Å². The van der Waals surface area contributed by atoms with Gasteiger partial charge in [0.05, 0.1) is 18.3 Å². The maximum Gasteiger partial charge on any atom is 0.0990 e. The van der Waals surface area contributed by atoms with Gasteiger partial charge in [0.2, 0.25) is 0 Å². The molecule has 18 heavy (non-hydrogen) atoms. The lowest BCUT2D eigenvalue weighted by Gasteiger charge is -2.46. The Hall–Kier alpha value is -0.160. The van der Waals surface area contributed by atoms with Crippen LogP contribution in [0.2, 0.25) is 0 Å². The zero-order chi connectivity index (χ0) is 12.8. The lowest BCUT2D eigenvalue weighted by molar-refractivity contribution is -0.178. The Morgan fingerprint density at radius 2 is 2.00 bits per heavy atom. The van der Waals surface area contributed by atoms with Crippen molar-refractivity contribution in [3.63, 3.8) is 0 Å². The van der Waals surface area contributed by atoms with E-state index in [2.05, 4.69) is 19.2 Å². The van der Waals surface area contributed by atoms with Gasteiger partial charge in [0.25, 0.3) is 0 Å². The average molecular weight is 257 g/mol. The minimum absolute atomic E-state index is 0.240. The van der Waals surface area contributed by atoms with E-state index >= 15 is 0 Å². The molecule has 1 saturated carbocycles. The molecule has 106 valence electrons. The van der Waals surface area contributed by atoms with Crippen LogP contribution in [0.1, 0.15) is 39.5 Å². The van der Waals surface area contributed by atoms with Gasteiger partial charge in [-0.1, -0.05) is 6.92 Å². The first-order valence-electron chi connectivity index (χ1n) is 7.43. The highest BCUT2D eigenvalue weighted by molar-refractivity contribution is 4.97. The SMILES string of the molecule is CCCNC1CC(OC2CCOCC2)C1OCC. The molecule has 2 fully saturated rings. The molecule has 3 atom stereocenters. The van der Waals surface area contributed by atoms with Crippen molar-refractivity contribution in [2.24, 2.45) is 0 Å². The standard InChI is InChI=1S/C14H27NO3/c1-3-7-15-12-10-13(14(12)17-4-2)18-11-5-8-16-9-6-11/h11-15H,3-10H2,1-2H3. The van der Waals surface area contributed by atoms with E-state index in [9.17, 15) is 0 Å². The van der Waals surface area contributed by atoms with Gasteiger partial charge in [0, 0.05) is 25.9 Å². The van der Waals surface area contributed by atoms with Gasteiger partial charge in [-0.15, -0.1) is 0 Å². The summed E-state index contributed by atoms with van der Waals surface area (Å²) in [5.41, 5.74) is 0. The molecule has 3 unspecified atom stereocenters. The highest BCUT2D eigenvalue weighted by Crippen LogP contribution is 2.30. The van der Waals surface area contributed by atoms with Crippen molar-refractivity contribution in [3.05, 3.63) is 0 Å². The molecule has 1 aliphatic carbocycles. The molecule has 0 amide bonds. The summed E-state index contributed by atoms with van der Waals surface area (Å²) < 4.78 is 17.3. The van der Waals surface area contributed by atoms with Gasteiger partial charge in [0.1, 0.15) is 0 Å². The number of nitrogens with one attached hydrogen (secondary N) is 1. The number of hydrogen-bond acceptors (Lipinski definition) is 4. The third-order valence-electron chi connectivity index (χ3n) is 3.80. The normalized spacial score (nSPS) is 33.3. The Morgan fingerprint density at radius 3 is 2.67 bits per heavy atom. The Balaban J connectivity index is 1.74.